The van der Waals surface area contributed by atoms with Gasteiger partial charge in [0.2, 0.25) is 15.5 Å². The van der Waals surface area contributed by atoms with E-state index in [2.05, 4.69) is 4.72 Å². The van der Waals surface area contributed by atoms with Crippen molar-refractivity contribution in [3.8, 4) is 5.75 Å². The number of sulfonamides is 1. The van der Waals surface area contributed by atoms with Crippen LogP contribution in [0.3, 0.4) is 0 Å². The number of para-hydroxylation sites is 1. The number of nitrogens with one attached hydrogen (secondary N) is 1. The predicted octanol–water partition coefficient (Wildman–Crippen LogP) is 1.87. The fourth-order valence-corrected chi connectivity index (χ4v) is 3.85. The molecule has 1 amide bonds. The topological polar surface area (TPSA) is 98.5 Å². The number of benzene rings is 2. The summed E-state index contributed by atoms with van der Waals surface area (Å²) in [4.78, 5) is 11.5. The van der Waals surface area contributed by atoms with Gasteiger partial charge < -0.3 is 10.5 Å². The van der Waals surface area contributed by atoms with Crippen molar-refractivity contribution < 1.29 is 26.7 Å². The van der Waals surface area contributed by atoms with E-state index < -0.39 is 38.8 Å². The molecule has 2 aromatic carbocycles. The summed E-state index contributed by atoms with van der Waals surface area (Å²) in [5.41, 5.74) is 3.80. The quantitative estimate of drug-likeness (QED) is 0.493. The Balaban J connectivity index is 1.92. The molecule has 0 saturated heterocycles. The van der Waals surface area contributed by atoms with Gasteiger partial charge in [0.25, 0.3) is 5.91 Å². The van der Waals surface area contributed by atoms with E-state index >= 15 is 0 Å². The number of nitrogens with two attached hydrogens (primary N) is 1. The number of halogens is 2. The molecule has 0 spiro atoms. The molecule has 0 radical (unpaired) electrons. The lowest BCUT2D eigenvalue weighted by molar-refractivity contribution is -0.121. The maximum absolute atomic E-state index is 13.6. The Morgan fingerprint density at radius 2 is 1.73 bits per heavy atom. The van der Waals surface area contributed by atoms with Gasteiger partial charge in [-0.1, -0.05) is 24.3 Å². The molecule has 1 atom stereocenters. The molecular weight excluding hydrogens is 386 g/mol. The van der Waals surface area contributed by atoms with Crippen molar-refractivity contribution in [1.82, 2.24) is 4.72 Å². The molecule has 0 fully saturated rings. The van der Waals surface area contributed by atoms with Crippen LogP contribution in [0, 0.1) is 11.6 Å². The normalized spacial score (nSPS) is 12.5. The standard InChI is InChI=1S/C16H16F2N2O4S2/c17-12-7-4-8-13(18)14(12)24-16(15(19)21)25-10-9-20-26(22,23)11-5-2-1-3-6-11/h1-8,16,20H,9-10H2,(H2,19,21). The minimum atomic E-state index is -3.69. The third kappa shape index (κ3) is 5.41. The Morgan fingerprint density at radius 1 is 1.12 bits per heavy atom. The lowest BCUT2D eigenvalue weighted by Gasteiger charge is -2.16. The summed E-state index contributed by atoms with van der Waals surface area (Å²) in [6.45, 7) is -0.0329. The smallest absolute Gasteiger partial charge is 0.269 e. The van der Waals surface area contributed by atoms with E-state index in [0.717, 1.165) is 30.0 Å². The van der Waals surface area contributed by atoms with Gasteiger partial charge in [-0.25, -0.2) is 21.9 Å². The molecule has 0 aromatic heterocycles. The minimum Gasteiger partial charge on any atom is -0.464 e. The van der Waals surface area contributed by atoms with Crippen LogP contribution < -0.4 is 15.2 Å². The maximum atomic E-state index is 13.6. The van der Waals surface area contributed by atoms with Crippen molar-refractivity contribution in [2.45, 2.75) is 10.3 Å². The van der Waals surface area contributed by atoms with E-state index in [0.29, 0.717) is 0 Å². The van der Waals surface area contributed by atoms with Crippen LogP contribution in [0.2, 0.25) is 0 Å². The first-order valence-corrected chi connectivity index (χ1v) is 9.91. The van der Waals surface area contributed by atoms with E-state index in [9.17, 15) is 22.0 Å². The summed E-state index contributed by atoms with van der Waals surface area (Å²) < 4.78 is 58.6. The van der Waals surface area contributed by atoms with Crippen molar-refractivity contribution in [2.24, 2.45) is 5.73 Å². The van der Waals surface area contributed by atoms with Gasteiger partial charge in [0.05, 0.1) is 4.90 Å². The van der Waals surface area contributed by atoms with Gasteiger partial charge in [-0.2, -0.15) is 0 Å². The first-order valence-electron chi connectivity index (χ1n) is 7.37. The third-order valence-corrected chi connectivity index (χ3v) is 5.64. The zero-order chi connectivity index (χ0) is 19.2. The molecular formula is C16H16F2N2O4S2. The number of carbonyl (C=O) groups is 1. The number of hydrogen-bond donors (Lipinski definition) is 2. The monoisotopic (exact) mass is 402 g/mol. The highest BCUT2D eigenvalue weighted by Crippen LogP contribution is 2.25. The summed E-state index contributed by atoms with van der Waals surface area (Å²) in [7, 11) is -3.69. The van der Waals surface area contributed by atoms with Crippen molar-refractivity contribution in [1.29, 1.82) is 0 Å². The molecule has 26 heavy (non-hydrogen) atoms. The molecule has 0 heterocycles. The van der Waals surface area contributed by atoms with Crippen molar-refractivity contribution in [3.05, 3.63) is 60.2 Å². The SMILES string of the molecule is NC(=O)C(Oc1c(F)cccc1F)SCCNS(=O)(=O)c1ccccc1. The number of carbonyl (C=O) groups excluding carboxylic acids is 1. The summed E-state index contributed by atoms with van der Waals surface area (Å²) in [5, 5.41) is 0. The lowest BCUT2D eigenvalue weighted by Crippen LogP contribution is -2.33. The number of amides is 1. The Hall–Kier alpha value is -2.17. The predicted molar refractivity (Wildman–Crippen MR) is 94.1 cm³/mol. The van der Waals surface area contributed by atoms with Crippen molar-refractivity contribution in [3.63, 3.8) is 0 Å². The lowest BCUT2D eigenvalue weighted by atomic mass is 10.3. The summed E-state index contributed by atoms with van der Waals surface area (Å²) in [6.07, 6.45) is 0. The van der Waals surface area contributed by atoms with Crippen LogP contribution in [0.5, 0.6) is 5.75 Å². The molecule has 1 unspecified atom stereocenters. The summed E-state index contributed by atoms with van der Waals surface area (Å²) in [6, 6.07) is 10.8. The van der Waals surface area contributed by atoms with Crippen molar-refractivity contribution in [2.75, 3.05) is 12.3 Å². The molecule has 2 rings (SSSR count). The fraction of sp³-hybridized carbons (Fsp3) is 0.188. The highest BCUT2D eigenvalue weighted by molar-refractivity contribution is 8.00. The molecule has 2 aromatic rings. The van der Waals surface area contributed by atoms with Crippen LogP contribution in [-0.4, -0.2) is 32.1 Å². The van der Waals surface area contributed by atoms with E-state index in [4.69, 9.17) is 10.5 Å². The van der Waals surface area contributed by atoms with Gasteiger partial charge in [0.15, 0.2) is 17.4 Å². The highest BCUT2D eigenvalue weighted by Gasteiger charge is 2.22. The average Bonchev–Trinajstić information content (AvgIpc) is 2.60. The number of primary amides is 1. The van der Waals surface area contributed by atoms with Crippen LogP contribution in [0.25, 0.3) is 0 Å². The van der Waals surface area contributed by atoms with Gasteiger partial charge >= 0.3 is 0 Å². The zero-order valence-corrected chi connectivity index (χ0v) is 15.0. The second kappa shape index (κ2) is 8.97. The van der Waals surface area contributed by atoms with Crippen LogP contribution in [0.1, 0.15) is 0 Å². The highest BCUT2D eigenvalue weighted by atomic mass is 32.2. The molecule has 10 heteroatoms. The van der Waals surface area contributed by atoms with E-state index in [1.807, 2.05) is 0 Å². The third-order valence-electron chi connectivity index (χ3n) is 3.09. The van der Waals surface area contributed by atoms with E-state index in [1.165, 1.54) is 12.1 Å². The average molecular weight is 402 g/mol. The molecule has 0 aliphatic carbocycles. The summed E-state index contributed by atoms with van der Waals surface area (Å²) >= 11 is 0.821. The van der Waals surface area contributed by atoms with Gasteiger partial charge in [-0.05, 0) is 24.3 Å². The van der Waals surface area contributed by atoms with E-state index in [-0.39, 0.29) is 17.2 Å². The fourth-order valence-electron chi connectivity index (χ4n) is 1.90. The molecule has 0 saturated carbocycles. The number of ether oxygens (including phenoxy) is 1. The zero-order valence-electron chi connectivity index (χ0n) is 13.4. The molecule has 3 N–H and O–H groups in total. The van der Waals surface area contributed by atoms with Gasteiger partial charge in [0.1, 0.15) is 0 Å². The Labute approximate surface area is 153 Å². The second-order valence-electron chi connectivity index (χ2n) is 4.98. The number of thioether (sulfide) groups is 1. The van der Waals surface area contributed by atoms with Gasteiger partial charge in [0, 0.05) is 12.3 Å². The minimum absolute atomic E-state index is 0.0329. The first-order chi connectivity index (χ1) is 12.3. The Morgan fingerprint density at radius 3 is 2.31 bits per heavy atom. The molecule has 0 aliphatic rings. The molecule has 6 nitrogen and oxygen atoms in total. The first kappa shape index (κ1) is 20.1. The molecule has 140 valence electrons. The van der Waals surface area contributed by atoms with Crippen molar-refractivity contribution >= 4 is 27.7 Å². The summed E-state index contributed by atoms with van der Waals surface area (Å²) in [5.74, 6) is -3.50. The number of rotatable bonds is 9. The van der Waals surface area contributed by atoms with Crippen LogP contribution in [-0.2, 0) is 14.8 Å². The van der Waals surface area contributed by atoms with Gasteiger partial charge in [-0.3, -0.25) is 4.79 Å². The van der Waals surface area contributed by atoms with Crippen LogP contribution >= 0.6 is 11.8 Å². The molecule has 0 aliphatic heterocycles. The maximum Gasteiger partial charge on any atom is 0.269 e. The Bertz CT molecular complexity index is 844. The largest absolute Gasteiger partial charge is 0.464 e. The number of hydrogen-bond acceptors (Lipinski definition) is 5. The van der Waals surface area contributed by atoms with E-state index in [1.54, 1.807) is 18.2 Å². The molecule has 0 bridgehead atoms. The Kier molecular flexibility index (Phi) is 6.95. The van der Waals surface area contributed by atoms with Gasteiger partial charge in [-0.15, -0.1) is 11.8 Å². The van der Waals surface area contributed by atoms with Crippen LogP contribution in [0.15, 0.2) is 53.4 Å². The van der Waals surface area contributed by atoms with Crippen LogP contribution in [0.4, 0.5) is 8.78 Å². The second-order valence-corrected chi connectivity index (χ2v) is 7.92.